The van der Waals surface area contributed by atoms with Crippen LogP contribution in [0, 0.1) is 0 Å². The van der Waals surface area contributed by atoms with E-state index in [2.05, 4.69) is 17.6 Å². The lowest BCUT2D eigenvalue weighted by atomic mass is 9.93. The largest absolute Gasteiger partial charge is 0.393 e. The zero-order valence-corrected chi connectivity index (χ0v) is 16.1. The highest BCUT2D eigenvalue weighted by Crippen LogP contribution is 2.20. The lowest BCUT2D eigenvalue weighted by Gasteiger charge is -2.27. The molecule has 0 unspecified atom stereocenters. The summed E-state index contributed by atoms with van der Waals surface area (Å²) in [6.45, 7) is 4.71. The van der Waals surface area contributed by atoms with Gasteiger partial charge >= 0.3 is 0 Å². The summed E-state index contributed by atoms with van der Waals surface area (Å²) < 4.78 is 6.05. The van der Waals surface area contributed by atoms with Crippen molar-refractivity contribution in [3.63, 3.8) is 0 Å². The van der Waals surface area contributed by atoms with Gasteiger partial charge in [-0.25, -0.2) is 0 Å². The number of nitrogens with one attached hydrogen (secondary N) is 2. The first-order valence-electron chi connectivity index (χ1n) is 10.6. The molecule has 25 heavy (non-hydrogen) atoms. The van der Waals surface area contributed by atoms with Crippen molar-refractivity contribution in [2.75, 3.05) is 19.7 Å². The normalized spacial score (nSPS) is 26.2. The molecule has 0 aromatic heterocycles. The molecule has 0 bridgehead atoms. The van der Waals surface area contributed by atoms with Crippen molar-refractivity contribution in [1.82, 2.24) is 10.6 Å². The van der Waals surface area contributed by atoms with Crippen LogP contribution < -0.4 is 10.6 Å². The molecule has 0 heterocycles. The van der Waals surface area contributed by atoms with Gasteiger partial charge in [-0.15, -0.1) is 0 Å². The van der Waals surface area contributed by atoms with E-state index in [9.17, 15) is 5.11 Å². The number of aliphatic imine (C=N–C) groups is 1. The van der Waals surface area contributed by atoms with Gasteiger partial charge in [0.05, 0.1) is 12.2 Å². The Morgan fingerprint density at radius 1 is 1.00 bits per heavy atom. The molecular formula is C20H39N3O2. The van der Waals surface area contributed by atoms with Crippen LogP contribution >= 0.6 is 0 Å². The Balaban J connectivity index is 1.58. The number of ether oxygens (including phenoxy) is 1. The van der Waals surface area contributed by atoms with E-state index in [1.54, 1.807) is 0 Å². The molecule has 0 spiro atoms. The fourth-order valence-corrected chi connectivity index (χ4v) is 3.80. The highest BCUT2D eigenvalue weighted by Gasteiger charge is 2.19. The van der Waals surface area contributed by atoms with E-state index in [-0.39, 0.29) is 6.10 Å². The molecule has 0 saturated heterocycles. The molecular weight excluding hydrogens is 314 g/mol. The Hall–Kier alpha value is -0.810. The van der Waals surface area contributed by atoms with Gasteiger partial charge in [0.15, 0.2) is 5.96 Å². The molecule has 5 nitrogen and oxygen atoms in total. The maximum Gasteiger partial charge on any atom is 0.191 e. The molecule has 0 aliphatic heterocycles. The van der Waals surface area contributed by atoms with Gasteiger partial charge in [-0.2, -0.15) is 0 Å². The number of aliphatic hydroxyl groups excluding tert-OH is 1. The summed E-state index contributed by atoms with van der Waals surface area (Å²) in [5.74, 6) is 0.925. The Bertz CT molecular complexity index is 360. The summed E-state index contributed by atoms with van der Waals surface area (Å²) in [5.41, 5.74) is 0. The Labute approximate surface area is 154 Å². The number of nitrogens with zero attached hydrogens (tertiary/aromatic N) is 1. The van der Waals surface area contributed by atoms with Gasteiger partial charge in [-0.1, -0.05) is 25.7 Å². The molecule has 0 aromatic rings. The molecule has 2 rings (SSSR count). The van der Waals surface area contributed by atoms with Crippen LogP contribution in [-0.4, -0.2) is 49.0 Å². The van der Waals surface area contributed by atoms with Gasteiger partial charge in [0.1, 0.15) is 0 Å². The minimum Gasteiger partial charge on any atom is -0.393 e. The summed E-state index contributed by atoms with van der Waals surface area (Å²) in [7, 11) is 0. The molecule has 2 aliphatic rings. The van der Waals surface area contributed by atoms with Crippen molar-refractivity contribution in [1.29, 1.82) is 0 Å². The first-order valence-corrected chi connectivity index (χ1v) is 10.6. The molecule has 5 heteroatoms. The minimum absolute atomic E-state index is 0.106. The van der Waals surface area contributed by atoms with E-state index in [0.29, 0.717) is 12.1 Å². The third-order valence-electron chi connectivity index (χ3n) is 5.36. The maximum atomic E-state index is 9.61. The summed E-state index contributed by atoms with van der Waals surface area (Å²) in [6, 6.07) is 0.444. The molecule has 0 aromatic carbocycles. The van der Waals surface area contributed by atoms with Gasteiger partial charge in [0.25, 0.3) is 0 Å². The first kappa shape index (κ1) is 20.5. The lowest BCUT2D eigenvalue weighted by Crippen LogP contribution is -2.45. The molecule has 2 fully saturated rings. The number of rotatable bonds is 8. The Morgan fingerprint density at radius 2 is 1.72 bits per heavy atom. The molecule has 2 aliphatic carbocycles. The standard InChI is InChI=1S/C20H39N3O2/c1-2-21-20(23-17-11-13-18(24)14-12-17)22-15-7-8-16-25-19-9-5-3-4-6-10-19/h17-19,24H,2-16H2,1H3,(H2,21,22,23). The highest BCUT2D eigenvalue weighted by molar-refractivity contribution is 5.80. The summed E-state index contributed by atoms with van der Waals surface area (Å²) in [5, 5.41) is 16.5. The topological polar surface area (TPSA) is 65.9 Å². The predicted molar refractivity (Wildman–Crippen MR) is 104 cm³/mol. The summed E-state index contributed by atoms with van der Waals surface area (Å²) in [6.07, 6.45) is 14.4. The first-order chi connectivity index (χ1) is 12.3. The summed E-state index contributed by atoms with van der Waals surface area (Å²) >= 11 is 0. The van der Waals surface area contributed by atoms with E-state index in [4.69, 9.17) is 9.73 Å². The quantitative estimate of drug-likeness (QED) is 0.271. The monoisotopic (exact) mass is 353 g/mol. The number of guanidine groups is 1. The van der Waals surface area contributed by atoms with E-state index >= 15 is 0 Å². The SMILES string of the molecule is CCNC(=NCCCCOC1CCCCCC1)NC1CCC(O)CC1. The third kappa shape index (κ3) is 8.91. The van der Waals surface area contributed by atoms with Gasteiger partial charge in [-0.05, 0) is 58.3 Å². The van der Waals surface area contributed by atoms with Crippen LogP contribution in [0.1, 0.15) is 84.0 Å². The van der Waals surface area contributed by atoms with E-state index < -0.39 is 0 Å². The average Bonchev–Trinajstić information content (AvgIpc) is 2.89. The van der Waals surface area contributed by atoms with Crippen LogP contribution in [0.25, 0.3) is 0 Å². The second kappa shape index (κ2) is 12.5. The molecule has 3 N–H and O–H groups in total. The van der Waals surface area contributed by atoms with E-state index in [0.717, 1.165) is 64.2 Å². The smallest absolute Gasteiger partial charge is 0.191 e. The zero-order chi connectivity index (χ0) is 17.7. The van der Waals surface area contributed by atoms with Crippen molar-refractivity contribution in [3.8, 4) is 0 Å². The molecule has 2 saturated carbocycles. The van der Waals surface area contributed by atoms with Crippen molar-refractivity contribution in [3.05, 3.63) is 0 Å². The Morgan fingerprint density at radius 3 is 2.40 bits per heavy atom. The number of hydrogen-bond donors (Lipinski definition) is 3. The molecule has 0 atom stereocenters. The van der Waals surface area contributed by atoms with Crippen molar-refractivity contribution in [2.24, 2.45) is 4.99 Å². The number of aliphatic hydroxyl groups is 1. The predicted octanol–water partition coefficient (Wildman–Crippen LogP) is 3.36. The van der Waals surface area contributed by atoms with Gasteiger partial charge in [-0.3, -0.25) is 4.99 Å². The lowest BCUT2D eigenvalue weighted by molar-refractivity contribution is 0.0413. The van der Waals surface area contributed by atoms with E-state index in [1.165, 1.54) is 38.5 Å². The van der Waals surface area contributed by atoms with Crippen LogP contribution in [-0.2, 0) is 4.74 Å². The Kier molecular flexibility index (Phi) is 10.3. The van der Waals surface area contributed by atoms with Crippen LogP contribution in [0.2, 0.25) is 0 Å². The zero-order valence-electron chi connectivity index (χ0n) is 16.1. The number of hydrogen-bond acceptors (Lipinski definition) is 3. The summed E-state index contributed by atoms with van der Waals surface area (Å²) in [4.78, 5) is 4.70. The third-order valence-corrected chi connectivity index (χ3v) is 5.36. The average molecular weight is 354 g/mol. The second-order valence-electron chi connectivity index (χ2n) is 7.60. The molecule has 146 valence electrons. The van der Waals surface area contributed by atoms with Crippen molar-refractivity contribution in [2.45, 2.75) is 102 Å². The van der Waals surface area contributed by atoms with Gasteiger partial charge in [0.2, 0.25) is 0 Å². The fraction of sp³-hybridized carbons (Fsp3) is 0.950. The van der Waals surface area contributed by atoms with Crippen molar-refractivity contribution >= 4 is 5.96 Å². The van der Waals surface area contributed by atoms with Crippen LogP contribution in [0.5, 0.6) is 0 Å². The molecule has 0 amide bonds. The van der Waals surface area contributed by atoms with Crippen LogP contribution in [0.3, 0.4) is 0 Å². The van der Waals surface area contributed by atoms with Gasteiger partial charge in [0, 0.05) is 25.7 Å². The fourth-order valence-electron chi connectivity index (χ4n) is 3.80. The van der Waals surface area contributed by atoms with E-state index in [1.807, 2.05) is 0 Å². The maximum absolute atomic E-state index is 9.61. The molecule has 0 radical (unpaired) electrons. The van der Waals surface area contributed by atoms with Crippen LogP contribution in [0.15, 0.2) is 4.99 Å². The highest BCUT2D eigenvalue weighted by atomic mass is 16.5. The number of unbranched alkanes of at least 4 members (excludes halogenated alkanes) is 1. The van der Waals surface area contributed by atoms with Crippen LogP contribution in [0.4, 0.5) is 0 Å². The van der Waals surface area contributed by atoms with Crippen molar-refractivity contribution < 1.29 is 9.84 Å². The van der Waals surface area contributed by atoms with Gasteiger partial charge < -0.3 is 20.5 Å². The minimum atomic E-state index is -0.106. The second-order valence-corrected chi connectivity index (χ2v) is 7.60.